The van der Waals surface area contributed by atoms with E-state index < -0.39 is 11.6 Å². The highest BCUT2D eigenvalue weighted by Gasteiger charge is 2.22. The molecule has 0 bridgehead atoms. The molecule has 0 radical (unpaired) electrons. The van der Waals surface area contributed by atoms with Gasteiger partial charge >= 0.3 is 0 Å². The molecule has 1 aromatic carbocycles. The number of hydrogen-bond acceptors (Lipinski definition) is 3. The van der Waals surface area contributed by atoms with Gasteiger partial charge in [0.1, 0.15) is 17.5 Å². The summed E-state index contributed by atoms with van der Waals surface area (Å²) in [5, 5.41) is 4.23. The van der Waals surface area contributed by atoms with Crippen molar-refractivity contribution in [3.05, 3.63) is 47.7 Å². The zero-order valence-corrected chi connectivity index (χ0v) is 11.7. The van der Waals surface area contributed by atoms with Crippen molar-refractivity contribution in [3.8, 4) is 0 Å². The van der Waals surface area contributed by atoms with E-state index in [1.807, 2.05) is 10.9 Å². The summed E-state index contributed by atoms with van der Waals surface area (Å²) >= 11 is 0. The molecule has 1 saturated heterocycles. The molecule has 4 nitrogen and oxygen atoms in total. The predicted molar refractivity (Wildman–Crippen MR) is 76.5 cm³/mol. The predicted octanol–water partition coefficient (Wildman–Crippen LogP) is 2.58. The third kappa shape index (κ3) is 3.05. The lowest BCUT2D eigenvalue weighted by Gasteiger charge is -2.32. The summed E-state index contributed by atoms with van der Waals surface area (Å²) in [6, 6.07) is 6.09. The van der Waals surface area contributed by atoms with Gasteiger partial charge in [-0.1, -0.05) is 6.07 Å². The second-order valence-corrected chi connectivity index (χ2v) is 5.43. The molecular formula is C15H18F2N4. The molecule has 112 valence electrons. The van der Waals surface area contributed by atoms with E-state index in [4.69, 9.17) is 5.73 Å². The van der Waals surface area contributed by atoms with Gasteiger partial charge in [-0.15, -0.1) is 0 Å². The lowest BCUT2D eigenvalue weighted by atomic mass is 10.0. The van der Waals surface area contributed by atoms with E-state index in [1.54, 1.807) is 6.07 Å². The van der Waals surface area contributed by atoms with Crippen LogP contribution >= 0.6 is 0 Å². The maximum atomic E-state index is 13.7. The van der Waals surface area contributed by atoms with Crippen LogP contribution in [0, 0.1) is 11.6 Å². The minimum atomic E-state index is -0.475. The van der Waals surface area contributed by atoms with E-state index in [2.05, 4.69) is 10.00 Å². The fourth-order valence-electron chi connectivity index (χ4n) is 2.81. The summed E-state index contributed by atoms with van der Waals surface area (Å²) in [6.45, 7) is 1.89. The maximum absolute atomic E-state index is 13.7. The number of anilines is 1. The average Bonchev–Trinajstić information content (AvgIpc) is 2.90. The van der Waals surface area contributed by atoms with Gasteiger partial charge < -0.3 is 5.73 Å². The average molecular weight is 292 g/mol. The molecule has 2 aromatic rings. The van der Waals surface area contributed by atoms with Gasteiger partial charge in [0.05, 0.1) is 6.04 Å². The molecule has 0 atom stereocenters. The van der Waals surface area contributed by atoms with Gasteiger partial charge in [-0.25, -0.2) is 8.78 Å². The highest BCUT2D eigenvalue weighted by atomic mass is 19.1. The lowest BCUT2D eigenvalue weighted by molar-refractivity contribution is 0.170. The largest absolute Gasteiger partial charge is 0.382 e. The number of aromatic nitrogens is 2. The highest BCUT2D eigenvalue weighted by molar-refractivity contribution is 5.24. The van der Waals surface area contributed by atoms with Gasteiger partial charge in [-0.2, -0.15) is 5.10 Å². The zero-order chi connectivity index (χ0) is 14.8. The van der Waals surface area contributed by atoms with E-state index >= 15 is 0 Å². The number of nitrogens with two attached hydrogens (primary N) is 1. The fourth-order valence-corrected chi connectivity index (χ4v) is 2.81. The van der Waals surface area contributed by atoms with Crippen LogP contribution < -0.4 is 5.73 Å². The van der Waals surface area contributed by atoms with Crippen LogP contribution in [-0.4, -0.2) is 27.8 Å². The lowest BCUT2D eigenvalue weighted by Crippen LogP contribution is -2.34. The van der Waals surface area contributed by atoms with Crippen LogP contribution in [0.2, 0.25) is 0 Å². The maximum Gasteiger partial charge on any atom is 0.145 e. The van der Waals surface area contributed by atoms with E-state index in [0.29, 0.717) is 18.4 Å². The minimum Gasteiger partial charge on any atom is -0.382 e. The first-order valence-corrected chi connectivity index (χ1v) is 7.09. The van der Waals surface area contributed by atoms with Crippen molar-refractivity contribution in [2.45, 2.75) is 25.4 Å². The van der Waals surface area contributed by atoms with Crippen LogP contribution in [0.1, 0.15) is 24.4 Å². The Morgan fingerprint density at radius 2 is 1.81 bits per heavy atom. The molecule has 1 aliphatic heterocycles. The van der Waals surface area contributed by atoms with Crippen molar-refractivity contribution in [2.24, 2.45) is 0 Å². The number of halogens is 2. The number of hydrogen-bond donors (Lipinski definition) is 1. The van der Waals surface area contributed by atoms with Gasteiger partial charge in [0, 0.05) is 31.4 Å². The number of nitrogen functional groups attached to an aromatic ring is 1. The molecule has 0 saturated carbocycles. The Bertz CT molecular complexity index is 598. The monoisotopic (exact) mass is 292 g/mol. The Morgan fingerprint density at radius 3 is 2.38 bits per heavy atom. The summed E-state index contributed by atoms with van der Waals surface area (Å²) in [4.78, 5) is 2.07. The summed E-state index contributed by atoms with van der Waals surface area (Å²) in [6.07, 6.45) is 3.68. The van der Waals surface area contributed by atoms with Crippen LogP contribution in [0.4, 0.5) is 14.6 Å². The van der Waals surface area contributed by atoms with Gasteiger partial charge in [0.25, 0.3) is 0 Å². The molecule has 21 heavy (non-hydrogen) atoms. The number of nitrogens with zero attached hydrogens (tertiary/aromatic N) is 3. The molecule has 1 fully saturated rings. The minimum absolute atomic E-state index is 0.152. The van der Waals surface area contributed by atoms with Crippen molar-refractivity contribution in [1.82, 2.24) is 14.7 Å². The second kappa shape index (κ2) is 5.81. The number of likely N-dealkylation sites (tertiary alicyclic amines) is 1. The van der Waals surface area contributed by atoms with E-state index in [-0.39, 0.29) is 5.56 Å². The molecule has 2 N–H and O–H groups in total. The number of piperidine rings is 1. The number of benzene rings is 1. The fraction of sp³-hybridized carbons (Fsp3) is 0.400. The topological polar surface area (TPSA) is 47.1 Å². The van der Waals surface area contributed by atoms with Crippen molar-refractivity contribution < 1.29 is 8.78 Å². The van der Waals surface area contributed by atoms with E-state index in [1.165, 1.54) is 18.2 Å². The summed E-state index contributed by atoms with van der Waals surface area (Å²) in [7, 11) is 0. The van der Waals surface area contributed by atoms with Crippen LogP contribution in [0.5, 0.6) is 0 Å². The first kappa shape index (κ1) is 14.0. The molecule has 0 aliphatic carbocycles. The van der Waals surface area contributed by atoms with Gasteiger partial charge in [-0.05, 0) is 31.0 Å². The smallest absolute Gasteiger partial charge is 0.145 e. The standard InChI is InChI=1S/C15H18F2N4/c16-13-2-1-3-14(17)12(13)10-20-7-4-11(5-8-20)21-9-6-15(18)19-21/h1-3,6,9,11H,4-5,7-8,10H2,(H2,18,19). The summed E-state index contributed by atoms with van der Waals surface area (Å²) in [5.74, 6) is -0.431. The van der Waals surface area contributed by atoms with Crippen LogP contribution in [0.15, 0.2) is 30.5 Å². The Morgan fingerprint density at radius 1 is 1.14 bits per heavy atom. The first-order valence-electron chi connectivity index (χ1n) is 7.09. The first-order chi connectivity index (χ1) is 10.1. The van der Waals surface area contributed by atoms with Crippen LogP contribution in [0.25, 0.3) is 0 Å². The third-order valence-corrected chi connectivity index (χ3v) is 4.00. The Kier molecular flexibility index (Phi) is 3.88. The van der Waals surface area contributed by atoms with E-state index in [9.17, 15) is 8.78 Å². The summed E-state index contributed by atoms with van der Waals surface area (Å²) in [5.41, 5.74) is 5.77. The molecule has 3 rings (SSSR count). The second-order valence-electron chi connectivity index (χ2n) is 5.43. The molecular weight excluding hydrogens is 274 g/mol. The third-order valence-electron chi connectivity index (χ3n) is 4.00. The van der Waals surface area contributed by atoms with Crippen molar-refractivity contribution >= 4 is 5.82 Å². The molecule has 0 unspecified atom stereocenters. The molecule has 1 aliphatic rings. The van der Waals surface area contributed by atoms with Gasteiger partial charge in [0.15, 0.2) is 0 Å². The molecule has 1 aromatic heterocycles. The normalized spacial score (nSPS) is 17.2. The number of rotatable bonds is 3. The van der Waals surface area contributed by atoms with Crippen LogP contribution in [0.3, 0.4) is 0 Å². The molecule has 2 heterocycles. The zero-order valence-electron chi connectivity index (χ0n) is 11.7. The Labute approximate surface area is 122 Å². The Balaban J connectivity index is 1.61. The van der Waals surface area contributed by atoms with Crippen molar-refractivity contribution in [1.29, 1.82) is 0 Å². The van der Waals surface area contributed by atoms with Gasteiger partial charge in [-0.3, -0.25) is 9.58 Å². The van der Waals surface area contributed by atoms with Crippen LogP contribution in [-0.2, 0) is 6.54 Å². The molecule has 0 spiro atoms. The highest BCUT2D eigenvalue weighted by Crippen LogP contribution is 2.24. The SMILES string of the molecule is Nc1ccn(C2CCN(Cc3c(F)cccc3F)CC2)n1. The summed E-state index contributed by atoms with van der Waals surface area (Å²) < 4.78 is 29.2. The Hall–Kier alpha value is -1.95. The quantitative estimate of drug-likeness (QED) is 0.946. The van der Waals surface area contributed by atoms with Gasteiger partial charge in [0.2, 0.25) is 0 Å². The van der Waals surface area contributed by atoms with E-state index in [0.717, 1.165) is 25.9 Å². The van der Waals surface area contributed by atoms with Crippen molar-refractivity contribution in [3.63, 3.8) is 0 Å². The molecule has 6 heteroatoms. The van der Waals surface area contributed by atoms with Crippen molar-refractivity contribution in [2.75, 3.05) is 18.8 Å². The molecule has 0 amide bonds.